The van der Waals surface area contributed by atoms with Crippen LogP contribution in [0.5, 0.6) is 0 Å². The van der Waals surface area contributed by atoms with Gasteiger partial charge in [-0.15, -0.1) is 0 Å². The van der Waals surface area contributed by atoms with E-state index in [0.29, 0.717) is 0 Å². The fourth-order valence-corrected chi connectivity index (χ4v) is 1.23. The molecule has 0 saturated heterocycles. The van der Waals surface area contributed by atoms with Gasteiger partial charge in [-0.1, -0.05) is 0 Å². The number of hydrogen-bond donors (Lipinski definition) is 2. The molecule has 0 unspecified atom stereocenters. The third-order valence-electron chi connectivity index (χ3n) is 2.14. The molecule has 0 radical (unpaired) electrons. The van der Waals surface area contributed by atoms with Gasteiger partial charge in [0.15, 0.2) is 0 Å². The normalized spacial score (nSPS) is 12.4. The van der Waals surface area contributed by atoms with E-state index in [1.165, 1.54) is 6.92 Å². The second kappa shape index (κ2) is 5.44. The lowest BCUT2D eigenvalue weighted by atomic mass is 10.2. The summed E-state index contributed by atoms with van der Waals surface area (Å²) >= 11 is 0. The molecular formula is C12H9F3N2O2. The van der Waals surface area contributed by atoms with Crippen LogP contribution in [0.15, 0.2) is 35.7 Å². The molecule has 2 N–H and O–H groups in total. The van der Waals surface area contributed by atoms with Crippen LogP contribution >= 0.6 is 0 Å². The number of rotatable bonds is 2. The van der Waals surface area contributed by atoms with Crippen LogP contribution in [0.3, 0.4) is 0 Å². The monoisotopic (exact) mass is 270 g/mol. The van der Waals surface area contributed by atoms with Crippen LogP contribution in [0.2, 0.25) is 0 Å². The highest BCUT2D eigenvalue weighted by Crippen LogP contribution is 2.29. The quantitative estimate of drug-likeness (QED) is 0.492. The molecule has 7 heteroatoms. The number of aliphatic hydroxyl groups excluding tert-OH is 1. The molecule has 0 spiro atoms. The number of carbonyl (C=O) groups is 1. The molecule has 0 saturated carbocycles. The van der Waals surface area contributed by atoms with E-state index in [4.69, 9.17) is 11.7 Å². The number of anilines is 1. The molecule has 0 aromatic heterocycles. The number of nitrogens with one attached hydrogen (secondary N) is 1. The van der Waals surface area contributed by atoms with Crippen molar-refractivity contribution in [1.29, 1.82) is 0 Å². The van der Waals surface area contributed by atoms with Gasteiger partial charge in [-0.2, -0.15) is 13.2 Å². The van der Waals surface area contributed by atoms with Gasteiger partial charge < -0.3 is 10.4 Å². The number of hydrogen-bond acceptors (Lipinski definition) is 2. The van der Waals surface area contributed by atoms with Crippen LogP contribution in [0.1, 0.15) is 12.5 Å². The summed E-state index contributed by atoms with van der Waals surface area (Å²) < 4.78 is 36.9. The molecule has 1 rings (SSSR count). The highest BCUT2D eigenvalue weighted by Gasteiger charge is 2.30. The van der Waals surface area contributed by atoms with Crippen LogP contribution < -0.4 is 5.32 Å². The maximum atomic E-state index is 12.3. The molecule has 1 aromatic carbocycles. The first-order chi connectivity index (χ1) is 8.75. The highest BCUT2D eigenvalue weighted by atomic mass is 19.4. The van der Waals surface area contributed by atoms with E-state index in [2.05, 4.69) is 10.2 Å². The Kier molecular flexibility index (Phi) is 4.17. The molecular weight excluding hydrogens is 261 g/mol. The van der Waals surface area contributed by atoms with E-state index < -0.39 is 29.1 Å². The molecule has 0 aliphatic heterocycles. The number of halogens is 3. The number of nitrogens with zero attached hydrogens (tertiary/aromatic N) is 1. The number of amides is 1. The fraction of sp³-hybridized carbons (Fsp3) is 0.167. The number of benzene rings is 1. The van der Waals surface area contributed by atoms with Crippen molar-refractivity contribution in [2.45, 2.75) is 13.1 Å². The molecule has 0 aliphatic carbocycles. The smallest absolute Gasteiger partial charge is 0.416 e. The number of alkyl halides is 3. The topological polar surface area (TPSA) is 53.7 Å². The van der Waals surface area contributed by atoms with Crippen molar-refractivity contribution in [3.63, 3.8) is 0 Å². The molecule has 0 fully saturated rings. The first-order valence-electron chi connectivity index (χ1n) is 5.01. The summed E-state index contributed by atoms with van der Waals surface area (Å²) in [7, 11) is 0. The van der Waals surface area contributed by atoms with E-state index in [1.54, 1.807) is 0 Å². The lowest BCUT2D eigenvalue weighted by Gasteiger charge is -2.08. The SMILES string of the molecule is [C-]#[N+]/C(C(=O)Nc1ccc(C(F)(F)F)cc1)=C(\C)O. The minimum Gasteiger partial charge on any atom is -0.523 e. The molecule has 100 valence electrons. The van der Waals surface area contributed by atoms with Crippen molar-refractivity contribution in [2.24, 2.45) is 0 Å². The molecule has 0 aliphatic rings. The summed E-state index contributed by atoms with van der Waals surface area (Å²) in [6, 6.07) is 3.75. The van der Waals surface area contributed by atoms with E-state index in [0.717, 1.165) is 24.3 Å². The largest absolute Gasteiger partial charge is 0.523 e. The maximum absolute atomic E-state index is 12.3. The zero-order valence-electron chi connectivity index (χ0n) is 9.75. The predicted molar refractivity (Wildman–Crippen MR) is 62.0 cm³/mol. The Hall–Kier alpha value is -2.49. The molecule has 4 nitrogen and oxygen atoms in total. The minimum atomic E-state index is -4.45. The van der Waals surface area contributed by atoms with Crippen LogP contribution in [-0.2, 0) is 11.0 Å². The number of aliphatic hydroxyl groups is 1. The Labute approximate surface area is 107 Å². The summed E-state index contributed by atoms with van der Waals surface area (Å²) in [5, 5.41) is 11.3. The van der Waals surface area contributed by atoms with Gasteiger partial charge >= 0.3 is 6.18 Å². The third kappa shape index (κ3) is 3.74. The Morgan fingerprint density at radius 3 is 2.21 bits per heavy atom. The summed E-state index contributed by atoms with van der Waals surface area (Å²) in [5.41, 5.74) is -1.26. The Morgan fingerprint density at radius 1 is 1.32 bits per heavy atom. The predicted octanol–water partition coefficient (Wildman–Crippen LogP) is 3.35. The molecule has 1 aromatic rings. The highest BCUT2D eigenvalue weighted by molar-refractivity contribution is 6.05. The van der Waals surface area contributed by atoms with Gasteiger partial charge in [-0.05, 0) is 31.2 Å². The summed E-state index contributed by atoms with van der Waals surface area (Å²) in [6.07, 6.45) is -4.45. The lowest BCUT2D eigenvalue weighted by Crippen LogP contribution is -2.14. The van der Waals surface area contributed by atoms with Crippen LogP contribution in [-0.4, -0.2) is 11.0 Å². The zero-order valence-corrected chi connectivity index (χ0v) is 9.75. The van der Waals surface area contributed by atoms with Gasteiger partial charge in [0.2, 0.25) is 0 Å². The van der Waals surface area contributed by atoms with Gasteiger partial charge in [0, 0.05) is 5.69 Å². The van der Waals surface area contributed by atoms with Gasteiger partial charge in [-0.3, -0.25) is 4.79 Å². The summed E-state index contributed by atoms with van der Waals surface area (Å²) in [4.78, 5) is 14.3. The van der Waals surface area contributed by atoms with Crippen molar-refractivity contribution in [1.82, 2.24) is 0 Å². The molecule has 1 amide bonds. The van der Waals surface area contributed by atoms with Crippen molar-refractivity contribution >= 4 is 11.6 Å². The number of allylic oxidation sites excluding steroid dienone is 1. The Bertz CT molecular complexity index is 550. The average molecular weight is 270 g/mol. The van der Waals surface area contributed by atoms with E-state index in [9.17, 15) is 18.0 Å². The average Bonchev–Trinajstić information content (AvgIpc) is 2.28. The van der Waals surface area contributed by atoms with Crippen molar-refractivity contribution in [3.05, 3.63) is 52.7 Å². The standard InChI is InChI=1S/C12H9F3N2O2/c1-7(18)10(16-2)11(19)17-9-5-3-8(4-6-9)12(13,14)15/h3-6,18H,1H3,(H,17,19)/b10-7+. The number of carbonyl (C=O) groups excluding carboxylic acids is 1. The molecule has 0 bridgehead atoms. The zero-order chi connectivity index (χ0) is 14.6. The maximum Gasteiger partial charge on any atom is 0.416 e. The van der Waals surface area contributed by atoms with Crippen LogP contribution in [0.4, 0.5) is 18.9 Å². The second-order valence-corrected chi connectivity index (χ2v) is 3.58. The van der Waals surface area contributed by atoms with E-state index in [-0.39, 0.29) is 5.69 Å². The van der Waals surface area contributed by atoms with Gasteiger partial charge in [-0.25, -0.2) is 4.85 Å². The first kappa shape index (κ1) is 14.6. The fourth-order valence-electron chi connectivity index (χ4n) is 1.23. The summed E-state index contributed by atoms with van der Waals surface area (Å²) in [5.74, 6) is -1.34. The first-order valence-corrected chi connectivity index (χ1v) is 5.01. The van der Waals surface area contributed by atoms with Gasteiger partial charge in [0.25, 0.3) is 11.6 Å². The van der Waals surface area contributed by atoms with E-state index in [1.807, 2.05) is 0 Å². The third-order valence-corrected chi connectivity index (χ3v) is 2.14. The van der Waals surface area contributed by atoms with E-state index >= 15 is 0 Å². The molecule has 0 heterocycles. The van der Waals surface area contributed by atoms with Crippen molar-refractivity contribution in [2.75, 3.05) is 5.32 Å². The summed E-state index contributed by atoms with van der Waals surface area (Å²) in [6.45, 7) is 7.87. The minimum absolute atomic E-state index is 0.0976. The van der Waals surface area contributed by atoms with Crippen LogP contribution in [0, 0.1) is 6.57 Å². The van der Waals surface area contributed by atoms with Crippen molar-refractivity contribution in [3.8, 4) is 0 Å². The molecule has 0 atom stereocenters. The second-order valence-electron chi connectivity index (χ2n) is 3.58. The lowest BCUT2D eigenvalue weighted by molar-refractivity contribution is -0.137. The van der Waals surface area contributed by atoms with Gasteiger partial charge in [0.05, 0.1) is 12.1 Å². The Balaban J connectivity index is 2.89. The molecule has 19 heavy (non-hydrogen) atoms. The van der Waals surface area contributed by atoms with Gasteiger partial charge in [0.1, 0.15) is 5.76 Å². The van der Waals surface area contributed by atoms with Crippen LogP contribution in [0.25, 0.3) is 4.85 Å². The van der Waals surface area contributed by atoms with Crippen molar-refractivity contribution < 1.29 is 23.1 Å². The Morgan fingerprint density at radius 2 is 1.84 bits per heavy atom.